The van der Waals surface area contributed by atoms with Crippen LogP contribution in [-0.4, -0.2) is 39.3 Å². The Hall–Kier alpha value is -1.62. The van der Waals surface area contributed by atoms with Crippen molar-refractivity contribution in [2.45, 2.75) is 12.8 Å². The highest BCUT2D eigenvalue weighted by Crippen LogP contribution is 2.27. The van der Waals surface area contributed by atoms with Crippen LogP contribution in [0.5, 0.6) is 0 Å². The third-order valence-corrected chi connectivity index (χ3v) is 3.72. The molecular weight excluding hydrogens is 228 g/mol. The number of anilines is 1. The summed E-state index contributed by atoms with van der Waals surface area (Å²) < 4.78 is 2.01. The maximum absolute atomic E-state index is 9.31. The molecule has 1 unspecified atom stereocenters. The quantitative estimate of drug-likeness (QED) is 0.864. The van der Waals surface area contributed by atoms with Gasteiger partial charge in [-0.1, -0.05) is 0 Å². The summed E-state index contributed by atoms with van der Waals surface area (Å²) in [6.07, 6.45) is 5.86. The number of aryl methyl sites for hydroxylation is 1. The van der Waals surface area contributed by atoms with Crippen LogP contribution in [0.4, 0.5) is 5.82 Å². The van der Waals surface area contributed by atoms with Crippen LogP contribution in [0.15, 0.2) is 18.6 Å². The van der Waals surface area contributed by atoms with Crippen molar-refractivity contribution in [1.82, 2.24) is 14.5 Å². The second-order valence-corrected chi connectivity index (χ2v) is 5.00. The number of aliphatic hydroxyl groups is 1. The van der Waals surface area contributed by atoms with Gasteiger partial charge in [0.1, 0.15) is 17.8 Å². The summed E-state index contributed by atoms with van der Waals surface area (Å²) in [5.74, 6) is 1.37. The molecule has 1 aliphatic rings. The largest absolute Gasteiger partial charge is 0.396 e. The molecule has 0 bridgehead atoms. The van der Waals surface area contributed by atoms with E-state index >= 15 is 0 Å². The summed E-state index contributed by atoms with van der Waals surface area (Å²) in [6.45, 7) is 2.16. The number of piperidine rings is 1. The summed E-state index contributed by atoms with van der Waals surface area (Å²) in [4.78, 5) is 11.0. The van der Waals surface area contributed by atoms with Crippen LogP contribution in [0.1, 0.15) is 12.8 Å². The van der Waals surface area contributed by atoms with Gasteiger partial charge in [0, 0.05) is 32.9 Å². The van der Waals surface area contributed by atoms with Gasteiger partial charge in [0.05, 0.1) is 5.39 Å². The molecule has 18 heavy (non-hydrogen) atoms. The minimum absolute atomic E-state index is 0.263. The normalized spacial score (nSPS) is 20.6. The molecule has 3 heterocycles. The van der Waals surface area contributed by atoms with Crippen molar-refractivity contribution >= 4 is 16.9 Å². The minimum Gasteiger partial charge on any atom is -0.396 e. The zero-order valence-electron chi connectivity index (χ0n) is 10.6. The van der Waals surface area contributed by atoms with E-state index in [1.807, 2.05) is 17.8 Å². The highest BCUT2D eigenvalue weighted by Gasteiger charge is 2.22. The van der Waals surface area contributed by atoms with Crippen molar-refractivity contribution in [2.75, 3.05) is 24.6 Å². The molecule has 1 aliphatic heterocycles. The Kier molecular flexibility index (Phi) is 2.91. The van der Waals surface area contributed by atoms with E-state index in [4.69, 9.17) is 0 Å². The Labute approximate surface area is 106 Å². The molecule has 5 nitrogen and oxygen atoms in total. The summed E-state index contributed by atoms with van der Waals surface area (Å²) in [7, 11) is 1.99. The van der Waals surface area contributed by atoms with Gasteiger partial charge >= 0.3 is 0 Å². The zero-order chi connectivity index (χ0) is 12.5. The molecule has 1 atom stereocenters. The summed E-state index contributed by atoms with van der Waals surface area (Å²) in [5, 5.41) is 10.4. The SMILES string of the molecule is Cn1ccc2c(N3CCCC(CO)C3)ncnc21. The average molecular weight is 246 g/mol. The lowest BCUT2D eigenvalue weighted by Gasteiger charge is -2.32. The molecule has 3 rings (SSSR count). The maximum atomic E-state index is 9.31. The monoisotopic (exact) mass is 246 g/mol. The molecule has 0 aliphatic carbocycles. The Balaban J connectivity index is 1.98. The first-order chi connectivity index (χ1) is 8.79. The lowest BCUT2D eigenvalue weighted by atomic mass is 9.99. The lowest BCUT2D eigenvalue weighted by molar-refractivity contribution is 0.208. The predicted octanol–water partition coefficient (Wildman–Crippen LogP) is 1.18. The van der Waals surface area contributed by atoms with Gasteiger partial charge in [-0.15, -0.1) is 0 Å². The molecule has 2 aromatic heterocycles. The zero-order valence-corrected chi connectivity index (χ0v) is 10.6. The second kappa shape index (κ2) is 4.57. The number of fused-ring (bicyclic) bond motifs is 1. The topological polar surface area (TPSA) is 54.2 Å². The van der Waals surface area contributed by atoms with Crippen molar-refractivity contribution in [3.8, 4) is 0 Å². The first-order valence-electron chi connectivity index (χ1n) is 6.41. The van der Waals surface area contributed by atoms with E-state index in [1.165, 1.54) is 0 Å². The molecule has 1 N–H and O–H groups in total. The smallest absolute Gasteiger partial charge is 0.145 e. The van der Waals surface area contributed by atoms with Crippen molar-refractivity contribution in [3.05, 3.63) is 18.6 Å². The number of nitrogens with zero attached hydrogens (tertiary/aromatic N) is 4. The van der Waals surface area contributed by atoms with Crippen LogP contribution >= 0.6 is 0 Å². The van der Waals surface area contributed by atoms with Crippen molar-refractivity contribution in [2.24, 2.45) is 13.0 Å². The molecule has 0 saturated carbocycles. The highest BCUT2D eigenvalue weighted by molar-refractivity contribution is 5.87. The van der Waals surface area contributed by atoms with Gasteiger partial charge in [-0.25, -0.2) is 9.97 Å². The number of aromatic nitrogens is 3. The van der Waals surface area contributed by atoms with E-state index in [2.05, 4.69) is 20.9 Å². The van der Waals surface area contributed by atoms with E-state index in [0.717, 1.165) is 42.8 Å². The average Bonchev–Trinajstić information content (AvgIpc) is 2.81. The third kappa shape index (κ3) is 1.84. The summed E-state index contributed by atoms with van der Waals surface area (Å²) in [5.41, 5.74) is 0.964. The van der Waals surface area contributed by atoms with Crippen molar-refractivity contribution < 1.29 is 5.11 Å². The molecule has 1 fully saturated rings. The van der Waals surface area contributed by atoms with E-state index in [1.54, 1.807) is 6.33 Å². The first-order valence-corrected chi connectivity index (χ1v) is 6.41. The van der Waals surface area contributed by atoms with Crippen molar-refractivity contribution in [1.29, 1.82) is 0 Å². The van der Waals surface area contributed by atoms with Gasteiger partial charge in [-0.3, -0.25) is 0 Å². The number of hydrogen-bond acceptors (Lipinski definition) is 4. The fourth-order valence-corrected chi connectivity index (χ4v) is 2.72. The van der Waals surface area contributed by atoms with Crippen LogP contribution in [0.3, 0.4) is 0 Å². The van der Waals surface area contributed by atoms with E-state index in [0.29, 0.717) is 5.92 Å². The van der Waals surface area contributed by atoms with E-state index in [9.17, 15) is 5.11 Å². The first kappa shape index (κ1) is 11.5. The van der Waals surface area contributed by atoms with Gasteiger partial charge in [-0.2, -0.15) is 0 Å². The summed E-state index contributed by atoms with van der Waals surface area (Å²) >= 11 is 0. The number of aliphatic hydroxyl groups excluding tert-OH is 1. The van der Waals surface area contributed by atoms with E-state index in [-0.39, 0.29) is 6.61 Å². The molecule has 0 spiro atoms. The van der Waals surface area contributed by atoms with Gasteiger partial charge in [0.25, 0.3) is 0 Å². The van der Waals surface area contributed by atoms with Crippen LogP contribution < -0.4 is 4.90 Å². The molecule has 1 saturated heterocycles. The lowest BCUT2D eigenvalue weighted by Crippen LogP contribution is -2.37. The Morgan fingerprint density at radius 1 is 1.44 bits per heavy atom. The van der Waals surface area contributed by atoms with Crippen LogP contribution in [-0.2, 0) is 7.05 Å². The molecule has 0 radical (unpaired) electrons. The minimum atomic E-state index is 0.263. The number of rotatable bonds is 2. The van der Waals surface area contributed by atoms with Crippen LogP contribution in [0, 0.1) is 5.92 Å². The van der Waals surface area contributed by atoms with Gasteiger partial charge in [0.2, 0.25) is 0 Å². The second-order valence-electron chi connectivity index (χ2n) is 5.00. The predicted molar refractivity (Wildman–Crippen MR) is 70.5 cm³/mol. The van der Waals surface area contributed by atoms with Gasteiger partial charge in [-0.05, 0) is 24.8 Å². The van der Waals surface area contributed by atoms with Gasteiger partial charge in [0.15, 0.2) is 0 Å². The molecule has 0 aromatic carbocycles. The highest BCUT2D eigenvalue weighted by atomic mass is 16.3. The number of hydrogen-bond donors (Lipinski definition) is 1. The fraction of sp³-hybridized carbons (Fsp3) is 0.538. The van der Waals surface area contributed by atoms with Crippen LogP contribution in [0.2, 0.25) is 0 Å². The Morgan fingerprint density at radius 2 is 2.33 bits per heavy atom. The van der Waals surface area contributed by atoms with Gasteiger partial charge < -0.3 is 14.6 Å². The van der Waals surface area contributed by atoms with E-state index < -0.39 is 0 Å². The standard InChI is InChI=1S/C13H18N4O/c1-16-6-4-11-12(16)14-9-15-13(11)17-5-2-3-10(7-17)8-18/h4,6,9-10,18H,2-3,5,7-8H2,1H3. The molecule has 96 valence electrons. The Morgan fingerprint density at radius 3 is 3.17 bits per heavy atom. The summed E-state index contributed by atoms with van der Waals surface area (Å²) in [6, 6.07) is 2.06. The van der Waals surface area contributed by atoms with Crippen molar-refractivity contribution in [3.63, 3.8) is 0 Å². The molecule has 2 aromatic rings. The Bertz CT molecular complexity index is 551. The maximum Gasteiger partial charge on any atom is 0.145 e. The van der Waals surface area contributed by atoms with Crippen LogP contribution in [0.25, 0.3) is 11.0 Å². The molecule has 5 heteroatoms. The third-order valence-electron chi connectivity index (χ3n) is 3.72. The molecular formula is C13H18N4O. The fourth-order valence-electron chi connectivity index (χ4n) is 2.72. The molecule has 0 amide bonds.